The van der Waals surface area contributed by atoms with Gasteiger partial charge in [-0.05, 0) is 112 Å². The Morgan fingerprint density at radius 1 is 1.02 bits per heavy atom. The van der Waals surface area contributed by atoms with Crippen LogP contribution in [0.5, 0.6) is 0 Å². The molecule has 0 spiro atoms. The molecule has 0 aromatic rings. The first-order chi connectivity index (χ1) is 22.0. The molecular formula is C38H63NO8. The summed E-state index contributed by atoms with van der Waals surface area (Å²) in [5, 5.41) is 72.3. The second-order valence-electron chi connectivity index (χ2n) is 17.6. The quantitative estimate of drug-likeness (QED) is 0.206. The Hall–Kier alpha value is -1.07. The van der Waals surface area contributed by atoms with E-state index in [1.807, 2.05) is 13.8 Å². The Labute approximate surface area is 281 Å². The van der Waals surface area contributed by atoms with Crippen LogP contribution in [0, 0.1) is 46.3 Å². The summed E-state index contributed by atoms with van der Waals surface area (Å²) < 4.78 is 6.64. The van der Waals surface area contributed by atoms with E-state index >= 15 is 0 Å². The van der Waals surface area contributed by atoms with Gasteiger partial charge in [0.1, 0.15) is 6.10 Å². The Morgan fingerprint density at radius 2 is 1.72 bits per heavy atom. The van der Waals surface area contributed by atoms with E-state index in [0.717, 1.165) is 25.2 Å². The van der Waals surface area contributed by atoms with Crippen molar-refractivity contribution in [3.05, 3.63) is 11.3 Å². The number of rotatable bonds is 8. The number of carbonyl (C=O) groups is 1. The van der Waals surface area contributed by atoms with Crippen LogP contribution < -0.4 is 5.32 Å². The number of hydrogen-bond acceptors (Lipinski definition) is 9. The van der Waals surface area contributed by atoms with E-state index in [4.69, 9.17) is 4.74 Å². The summed E-state index contributed by atoms with van der Waals surface area (Å²) in [5.41, 5.74) is -3.55. The lowest BCUT2D eigenvalue weighted by Gasteiger charge is -2.61. The van der Waals surface area contributed by atoms with Gasteiger partial charge >= 0.3 is 0 Å². The van der Waals surface area contributed by atoms with E-state index in [9.17, 15) is 35.4 Å². The predicted octanol–water partition coefficient (Wildman–Crippen LogP) is 3.61. The molecule has 9 nitrogen and oxygen atoms in total. The van der Waals surface area contributed by atoms with Crippen molar-refractivity contribution in [3.8, 4) is 0 Å². The zero-order valence-corrected chi connectivity index (χ0v) is 29.6. The number of aliphatic hydroxyl groups is 6. The summed E-state index contributed by atoms with van der Waals surface area (Å²) in [5.74, 6) is -0.199. The summed E-state index contributed by atoms with van der Waals surface area (Å²) in [6, 6.07) is 0. The third-order valence-electron chi connectivity index (χ3n) is 14.9. The minimum absolute atomic E-state index is 0.0906. The first kappa shape index (κ1) is 35.7. The molecule has 0 aromatic carbocycles. The van der Waals surface area contributed by atoms with Gasteiger partial charge in [0.25, 0.3) is 0 Å². The Balaban J connectivity index is 1.31. The first-order valence-electron chi connectivity index (χ1n) is 18.9. The van der Waals surface area contributed by atoms with E-state index < -0.39 is 64.4 Å². The van der Waals surface area contributed by atoms with Crippen molar-refractivity contribution in [1.29, 1.82) is 0 Å². The van der Waals surface area contributed by atoms with E-state index in [0.29, 0.717) is 42.9 Å². The van der Waals surface area contributed by atoms with Gasteiger partial charge in [-0.25, -0.2) is 0 Å². The minimum Gasteiger partial charge on any atom is -0.392 e. The fraction of sp³-hybridized carbons (Fsp3) is 0.921. The van der Waals surface area contributed by atoms with Gasteiger partial charge in [0.2, 0.25) is 0 Å². The summed E-state index contributed by atoms with van der Waals surface area (Å²) >= 11 is 0. The molecule has 6 rings (SSSR count). The van der Waals surface area contributed by atoms with Crippen LogP contribution in [0.4, 0.5) is 0 Å². The summed E-state index contributed by atoms with van der Waals surface area (Å²) in [6.07, 6.45) is 5.06. The van der Waals surface area contributed by atoms with Crippen LogP contribution in [0.2, 0.25) is 0 Å². The number of Topliss-reactive ketones (excluding diaryl/α,β-unsaturated/α-hetero) is 1. The maximum atomic E-state index is 14.3. The Morgan fingerprint density at radius 3 is 2.40 bits per heavy atom. The monoisotopic (exact) mass is 661 g/mol. The lowest BCUT2D eigenvalue weighted by atomic mass is 9.45. The highest BCUT2D eigenvalue weighted by Crippen LogP contribution is 2.69. The molecule has 1 heterocycles. The van der Waals surface area contributed by atoms with Gasteiger partial charge in [-0.15, -0.1) is 0 Å². The molecule has 0 amide bonds. The molecule has 6 aliphatic rings. The molecule has 9 heteroatoms. The predicted molar refractivity (Wildman–Crippen MR) is 178 cm³/mol. The molecule has 1 saturated heterocycles. The second-order valence-corrected chi connectivity index (χ2v) is 17.6. The summed E-state index contributed by atoms with van der Waals surface area (Å²) in [7, 11) is 0. The average molecular weight is 662 g/mol. The van der Waals surface area contributed by atoms with Crippen molar-refractivity contribution >= 4 is 5.78 Å². The van der Waals surface area contributed by atoms with Crippen LogP contribution in [0.3, 0.4) is 0 Å². The molecule has 47 heavy (non-hydrogen) atoms. The second kappa shape index (κ2) is 12.6. The minimum atomic E-state index is -1.55. The van der Waals surface area contributed by atoms with E-state index in [2.05, 4.69) is 19.2 Å². The van der Waals surface area contributed by atoms with Crippen LogP contribution in [0.25, 0.3) is 0 Å². The maximum Gasteiger partial charge on any atom is 0.182 e. The van der Waals surface area contributed by atoms with E-state index in [-0.39, 0.29) is 43.1 Å². The van der Waals surface area contributed by atoms with Crippen molar-refractivity contribution in [1.82, 2.24) is 5.32 Å². The molecular weight excluding hydrogens is 598 g/mol. The van der Waals surface area contributed by atoms with Gasteiger partial charge in [-0.1, -0.05) is 47.0 Å². The van der Waals surface area contributed by atoms with Gasteiger partial charge in [-0.2, -0.15) is 0 Å². The molecule has 0 unspecified atom stereocenters. The lowest BCUT2D eigenvalue weighted by Crippen LogP contribution is -2.65. The smallest absolute Gasteiger partial charge is 0.182 e. The molecule has 1 aliphatic heterocycles. The zero-order valence-electron chi connectivity index (χ0n) is 29.6. The molecule has 268 valence electrons. The zero-order chi connectivity index (χ0) is 34.3. The Kier molecular flexibility index (Phi) is 9.59. The molecule has 0 aromatic heterocycles. The topological polar surface area (TPSA) is 160 Å². The molecule has 4 saturated carbocycles. The molecule has 5 aliphatic carbocycles. The van der Waals surface area contributed by atoms with Crippen LogP contribution in [-0.2, 0) is 9.53 Å². The number of fused-ring (bicyclic) bond motifs is 6. The van der Waals surface area contributed by atoms with Crippen molar-refractivity contribution in [2.75, 3.05) is 6.54 Å². The van der Waals surface area contributed by atoms with Crippen molar-refractivity contribution in [3.63, 3.8) is 0 Å². The standard InChI is InChI=1S/C38H63NO8/c1-7-8-22-9-11-23-21(3)33(47-28(23)12-10-22)34(44)37(6,45)29-14-16-38(46)30-24(13-15-36(29,38)5)35(4)18-27(42)26(41)17-25(35)32(43)31(30)39-19-20(2)40/h20-29,33-34,39-42,44-46H,7-19H2,1-6H3/t20-,21-,22+,23-,24-,25-,26+,27-,28+,29-,33+,34+,35+,36+,37+,38+/m0/s1. The van der Waals surface area contributed by atoms with Crippen LogP contribution in [0.1, 0.15) is 119 Å². The van der Waals surface area contributed by atoms with Gasteiger partial charge < -0.3 is 40.7 Å². The summed E-state index contributed by atoms with van der Waals surface area (Å²) in [6.45, 7) is 11.9. The van der Waals surface area contributed by atoms with Gasteiger partial charge in [-0.3, -0.25) is 4.79 Å². The number of nitrogens with one attached hydrogen (secondary N) is 1. The molecule has 0 radical (unpaired) electrons. The number of ketones is 1. The third kappa shape index (κ3) is 5.48. The highest BCUT2D eigenvalue weighted by molar-refractivity contribution is 5.99. The fourth-order valence-electron chi connectivity index (χ4n) is 12.2. The highest BCUT2D eigenvalue weighted by Gasteiger charge is 2.71. The largest absolute Gasteiger partial charge is 0.392 e. The van der Waals surface area contributed by atoms with Crippen LogP contribution >= 0.6 is 0 Å². The van der Waals surface area contributed by atoms with Crippen molar-refractivity contribution in [2.24, 2.45) is 46.3 Å². The number of carbonyl (C=O) groups excluding carboxylic acids is 1. The average Bonchev–Trinajstić information content (AvgIpc) is 3.38. The van der Waals surface area contributed by atoms with Crippen LogP contribution in [0.15, 0.2) is 11.3 Å². The van der Waals surface area contributed by atoms with Gasteiger partial charge in [0.15, 0.2) is 5.78 Å². The molecule has 0 bridgehead atoms. The molecule has 7 N–H and O–H groups in total. The number of aliphatic hydroxyl groups excluding tert-OH is 4. The number of ether oxygens (including phenoxy) is 1. The Bertz CT molecular complexity index is 1220. The molecule has 5 fully saturated rings. The first-order valence-corrected chi connectivity index (χ1v) is 18.9. The lowest BCUT2D eigenvalue weighted by molar-refractivity contribution is -0.198. The molecule has 16 atom stereocenters. The van der Waals surface area contributed by atoms with Gasteiger partial charge in [0.05, 0.1) is 47.4 Å². The third-order valence-corrected chi connectivity index (χ3v) is 14.9. The summed E-state index contributed by atoms with van der Waals surface area (Å²) in [4.78, 5) is 14.3. The van der Waals surface area contributed by atoms with Crippen molar-refractivity contribution in [2.45, 2.75) is 166 Å². The number of allylic oxidation sites excluding steroid dienone is 1. The normalized spacial score (nSPS) is 49.2. The highest BCUT2D eigenvalue weighted by atomic mass is 16.5. The van der Waals surface area contributed by atoms with Gasteiger partial charge in [0, 0.05) is 17.9 Å². The van der Waals surface area contributed by atoms with E-state index in [1.54, 1.807) is 13.8 Å². The van der Waals surface area contributed by atoms with E-state index in [1.165, 1.54) is 19.3 Å². The SMILES string of the molecule is CCC[C@@H]1CC[C@H]2[C@H](C)[C@H]([C@@H](O)[C@](C)(O)[C@H]3CC[C@@]4(O)C5=C(NC[C@H](C)O)C(=O)[C@@H]6C[C@@H](O)[C@@H](O)C[C@]6(C)[C@H]5CC[C@]34C)O[C@@H]2CC1. The fourth-order valence-corrected chi connectivity index (χ4v) is 12.2. The number of hydrogen-bond donors (Lipinski definition) is 7. The maximum absolute atomic E-state index is 14.3. The van der Waals surface area contributed by atoms with Crippen molar-refractivity contribution < 1.29 is 40.2 Å². The van der Waals surface area contributed by atoms with Crippen LogP contribution in [-0.4, -0.2) is 90.8 Å².